The third-order valence-corrected chi connectivity index (χ3v) is 8.69. The van der Waals surface area contributed by atoms with Crippen LogP contribution in [0.3, 0.4) is 0 Å². The van der Waals surface area contributed by atoms with E-state index in [1.807, 2.05) is 26.8 Å². The van der Waals surface area contributed by atoms with Crippen LogP contribution in [0, 0.1) is 44.9 Å². The van der Waals surface area contributed by atoms with Crippen LogP contribution in [0.25, 0.3) is 0 Å². The average Bonchev–Trinajstić information content (AvgIpc) is 2.94. The van der Waals surface area contributed by atoms with E-state index in [-0.39, 0.29) is 11.8 Å². The third kappa shape index (κ3) is 4.22. The standard InChI is InChI=1S/C21H25N3O3S2/c1-13-5-6-19(14(2)11-13)29(26,27)24-9-7-17(8-10-24)20(25)23-21-18(12-22)15(3)16(4)28-21/h5-6,11,17H,7-10H2,1-4H3,(H,23,25). The Labute approximate surface area is 176 Å². The monoisotopic (exact) mass is 431 g/mol. The first-order chi connectivity index (χ1) is 13.6. The SMILES string of the molecule is Cc1ccc(S(=O)(=O)N2CCC(C(=O)Nc3sc(C)c(C)c3C#N)CC2)c(C)c1. The Kier molecular flexibility index (Phi) is 6.13. The Hall–Kier alpha value is -2.21. The summed E-state index contributed by atoms with van der Waals surface area (Å²) in [6.07, 6.45) is 0.919. The van der Waals surface area contributed by atoms with Crippen molar-refractivity contribution in [3.05, 3.63) is 45.3 Å². The summed E-state index contributed by atoms with van der Waals surface area (Å²) in [5.74, 6) is -0.416. The van der Waals surface area contributed by atoms with Crippen molar-refractivity contribution < 1.29 is 13.2 Å². The maximum atomic E-state index is 13.0. The summed E-state index contributed by atoms with van der Waals surface area (Å²) in [5, 5.41) is 12.8. The molecule has 1 aliphatic heterocycles. The van der Waals surface area contributed by atoms with E-state index >= 15 is 0 Å². The number of piperidine rings is 1. The normalized spacial score (nSPS) is 15.8. The van der Waals surface area contributed by atoms with Crippen LogP contribution in [0.15, 0.2) is 23.1 Å². The maximum Gasteiger partial charge on any atom is 0.243 e. The highest BCUT2D eigenvalue weighted by atomic mass is 32.2. The van der Waals surface area contributed by atoms with E-state index in [2.05, 4.69) is 11.4 Å². The number of nitrogens with one attached hydrogen (secondary N) is 1. The number of rotatable bonds is 4. The van der Waals surface area contributed by atoms with Gasteiger partial charge in [0.05, 0.1) is 10.5 Å². The molecule has 1 aliphatic rings. The van der Waals surface area contributed by atoms with Gasteiger partial charge in [0, 0.05) is 23.9 Å². The zero-order valence-corrected chi connectivity index (χ0v) is 18.7. The summed E-state index contributed by atoms with van der Waals surface area (Å²) in [6, 6.07) is 7.48. The number of thiophene rings is 1. The van der Waals surface area contributed by atoms with Crippen molar-refractivity contribution >= 4 is 32.3 Å². The van der Waals surface area contributed by atoms with Crippen molar-refractivity contribution in [2.75, 3.05) is 18.4 Å². The lowest BCUT2D eigenvalue weighted by atomic mass is 9.97. The molecular weight excluding hydrogens is 406 g/mol. The minimum Gasteiger partial charge on any atom is -0.316 e. The van der Waals surface area contributed by atoms with Crippen molar-refractivity contribution in [1.29, 1.82) is 5.26 Å². The Bertz CT molecular complexity index is 1090. The molecule has 1 saturated heterocycles. The van der Waals surface area contributed by atoms with Gasteiger partial charge < -0.3 is 5.32 Å². The number of hydrogen-bond donors (Lipinski definition) is 1. The van der Waals surface area contributed by atoms with E-state index in [4.69, 9.17) is 0 Å². The molecule has 29 heavy (non-hydrogen) atoms. The Morgan fingerprint density at radius 3 is 2.45 bits per heavy atom. The molecule has 0 unspecified atom stereocenters. The number of sulfonamides is 1. The second kappa shape index (κ2) is 8.27. The smallest absolute Gasteiger partial charge is 0.243 e. The number of carbonyl (C=O) groups excluding carboxylic acids is 1. The van der Waals surface area contributed by atoms with Gasteiger partial charge in [0.2, 0.25) is 15.9 Å². The molecule has 0 saturated carbocycles. The quantitative estimate of drug-likeness (QED) is 0.795. The van der Waals surface area contributed by atoms with Crippen LogP contribution >= 0.6 is 11.3 Å². The molecule has 6 nitrogen and oxygen atoms in total. The summed E-state index contributed by atoms with van der Waals surface area (Å²) in [7, 11) is -3.57. The molecule has 2 aromatic rings. The van der Waals surface area contributed by atoms with E-state index in [1.54, 1.807) is 19.1 Å². The number of nitriles is 1. The molecule has 1 amide bonds. The number of amides is 1. The van der Waals surface area contributed by atoms with Crippen molar-refractivity contribution in [3.8, 4) is 6.07 Å². The number of aryl methyl sites for hydroxylation is 3. The third-order valence-electron chi connectivity index (χ3n) is 5.51. The zero-order chi connectivity index (χ0) is 21.3. The molecule has 3 rings (SSSR count). The minimum absolute atomic E-state index is 0.147. The fraction of sp³-hybridized carbons (Fsp3) is 0.429. The number of benzene rings is 1. The largest absolute Gasteiger partial charge is 0.316 e. The van der Waals surface area contributed by atoms with Gasteiger partial charge in [0.1, 0.15) is 11.1 Å². The molecule has 0 bridgehead atoms. The van der Waals surface area contributed by atoms with Crippen molar-refractivity contribution in [2.45, 2.75) is 45.4 Å². The van der Waals surface area contributed by atoms with Gasteiger partial charge in [0.25, 0.3) is 0 Å². The Morgan fingerprint density at radius 2 is 1.86 bits per heavy atom. The first-order valence-electron chi connectivity index (χ1n) is 9.53. The first-order valence-corrected chi connectivity index (χ1v) is 11.8. The summed E-state index contributed by atoms with van der Waals surface area (Å²) in [6.45, 7) is 8.14. The van der Waals surface area contributed by atoms with Gasteiger partial charge in [-0.15, -0.1) is 11.3 Å². The fourth-order valence-corrected chi connectivity index (χ4v) is 6.34. The number of nitrogens with zero attached hydrogens (tertiary/aromatic N) is 2. The highest BCUT2D eigenvalue weighted by molar-refractivity contribution is 7.89. The molecular formula is C21H25N3O3S2. The summed E-state index contributed by atoms with van der Waals surface area (Å²) in [5.41, 5.74) is 3.16. The molecule has 1 fully saturated rings. The van der Waals surface area contributed by atoms with Crippen LogP contribution in [-0.4, -0.2) is 31.7 Å². The van der Waals surface area contributed by atoms with Crippen LogP contribution in [-0.2, 0) is 14.8 Å². The second-order valence-electron chi connectivity index (χ2n) is 7.54. The van der Waals surface area contributed by atoms with Gasteiger partial charge in [0.15, 0.2) is 0 Å². The fourth-order valence-electron chi connectivity index (χ4n) is 3.65. The van der Waals surface area contributed by atoms with E-state index < -0.39 is 10.0 Å². The first kappa shape index (κ1) is 21.5. The van der Waals surface area contributed by atoms with Gasteiger partial charge in [-0.1, -0.05) is 17.7 Å². The van der Waals surface area contributed by atoms with Crippen molar-refractivity contribution in [3.63, 3.8) is 0 Å². The summed E-state index contributed by atoms with van der Waals surface area (Å²) >= 11 is 1.40. The zero-order valence-electron chi connectivity index (χ0n) is 17.1. The van der Waals surface area contributed by atoms with Crippen LogP contribution in [0.5, 0.6) is 0 Å². The lowest BCUT2D eigenvalue weighted by Crippen LogP contribution is -2.41. The lowest BCUT2D eigenvalue weighted by molar-refractivity contribution is -0.120. The van der Waals surface area contributed by atoms with Gasteiger partial charge in [-0.3, -0.25) is 4.79 Å². The van der Waals surface area contributed by atoms with Gasteiger partial charge in [-0.05, 0) is 57.7 Å². The van der Waals surface area contributed by atoms with Crippen LogP contribution < -0.4 is 5.32 Å². The van der Waals surface area contributed by atoms with E-state index in [1.165, 1.54) is 15.6 Å². The molecule has 1 aromatic carbocycles. The van der Waals surface area contributed by atoms with Gasteiger partial charge in [-0.2, -0.15) is 9.57 Å². The number of hydrogen-bond acceptors (Lipinski definition) is 5. The second-order valence-corrected chi connectivity index (χ2v) is 10.7. The highest BCUT2D eigenvalue weighted by Gasteiger charge is 2.33. The van der Waals surface area contributed by atoms with Crippen LogP contribution in [0.4, 0.5) is 5.00 Å². The molecule has 0 aliphatic carbocycles. The van der Waals surface area contributed by atoms with E-state index in [0.717, 1.165) is 21.6 Å². The number of anilines is 1. The molecule has 0 atom stereocenters. The number of carbonyl (C=O) groups is 1. The molecule has 0 spiro atoms. The minimum atomic E-state index is -3.57. The average molecular weight is 432 g/mol. The topological polar surface area (TPSA) is 90.3 Å². The Balaban J connectivity index is 1.68. The predicted octanol–water partition coefficient (Wildman–Crippen LogP) is 3.89. The summed E-state index contributed by atoms with van der Waals surface area (Å²) < 4.78 is 27.5. The Morgan fingerprint density at radius 1 is 1.21 bits per heavy atom. The predicted molar refractivity (Wildman–Crippen MR) is 115 cm³/mol. The molecule has 0 radical (unpaired) electrons. The molecule has 1 aromatic heterocycles. The van der Waals surface area contributed by atoms with Gasteiger partial charge in [-0.25, -0.2) is 8.42 Å². The maximum absolute atomic E-state index is 13.0. The molecule has 8 heteroatoms. The van der Waals surface area contributed by atoms with E-state index in [0.29, 0.717) is 41.4 Å². The summed E-state index contributed by atoms with van der Waals surface area (Å²) in [4.78, 5) is 14.0. The van der Waals surface area contributed by atoms with Crippen LogP contribution in [0.1, 0.15) is 40.0 Å². The van der Waals surface area contributed by atoms with E-state index in [9.17, 15) is 18.5 Å². The molecule has 2 heterocycles. The van der Waals surface area contributed by atoms with Gasteiger partial charge >= 0.3 is 0 Å². The molecule has 1 N–H and O–H groups in total. The molecule has 154 valence electrons. The highest BCUT2D eigenvalue weighted by Crippen LogP contribution is 2.33. The van der Waals surface area contributed by atoms with Crippen molar-refractivity contribution in [1.82, 2.24) is 4.31 Å². The van der Waals surface area contributed by atoms with Crippen LogP contribution in [0.2, 0.25) is 0 Å². The van der Waals surface area contributed by atoms with Crippen molar-refractivity contribution in [2.24, 2.45) is 5.92 Å². The lowest BCUT2D eigenvalue weighted by Gasteiger charge is -2.31.